The van der Waals surface area contributed by atoms with Crippen LogP contribution in [-0.4, -0.2) is 49.9 Å². The summed E-state index contributed by atoms with van der Waals surface area (Å²) < 4.78 is 33.3. The van der Waals surface area contributed by atoms with Crippen LogP contribution in [0.4, 0.5) is 5.13 Å². The molecule has 0 atom stereocenters. The molecule has 2 fully saturated rings. The number of sulfonamides is 1. The van der Waals surface area contributed by atoms with Crippen molar-refractivity contribution < 1.29 is 17.9 Å². The lowest BCUT2D eigenvalue weighted by molar-refractivity contribution is 0.0735. The van der Waals surface area contributed by atoms with Gasteiger partial charge in [-0.05, 0) is 62.1 Å². The molecule has 0 aliphatic carbocycles. The van der Waals surface area contributed by atoms with Gasteiger partial charge in [0.25, 0.3) is 0 Å². The molecule has 1 aromatic heterocycles. The van der Waals surface area contributed by atoms with Crippen LogP contribution >= 0.6 is 11.3 Å². The summed E-state index contributed by atoms with van der Waals surface area (Å²) in [4.78, 5) is 19.7. The molecule has 0 radical (unpaired) electrons. The molecule has 5 rings (SSSR count). The van der Waals surface area contributed by atoms with Crippen LogP contribution in [0.1, 0.15) is 36.0 Å². The number of rotatable bonds is 5. The molecule has 162 valence electrons. The van der Waals surface area contributed by atoms with Crippen LogP contribution in [0.25, 0.3) is 10.2 Å². The van der Waals surface area contributed by atoms with E-state index in [0.29, 0.717) is 24.4 Å². The molecule has 9 heteroatoms. The third kappa shape index (κ3) is 4.05. The summed E-state index contributed by atoms with van der Waals surface area (Å²) in [7, 11) is -3.50. The minimum atomic E-state index is -3.50. The predicted molar refractivity (Wildman–Crippen MR) is 120 cm³/mol. The van der Waals surface area contributed by atoms with Crippen molar-refractivity contribution in [1.29, 1.82) is 0 Å². The third-order valence-electron chi connectivity index (χ3n) is 5.73. The molecule has 2 aliphatic heterocycles. The lowest BCUT2D eigenvalue weighted by Crippen LogP contribution is -2.27. The van der Waals surface area contributed by atoms with E-state index >= 15 is 0 Å². The fourth-order valence-corrected chi connectivity index (χ4v) is 6.57. The average Bonchev–Trinajstić information content (AvgIpc) is 3.55. The first-order valence-electron chi connectivity index (χ1n) is 10.5. The highest BCUT2D eigenvalue weighted by atomic mass is 32.2. The number of ether oxygens (including phenoxy) is 1. The van der Waals surface area contributed by atoms with E-state index in [2.05, 4.69) is 9.88 Å². The second-order valence-electron chi connectivity index (χ2n) is 7.85. The van der Waals surface area contributed by atoms with Gasteiger partial charge in [-0.25, -0.2) is 18.2 Å². The molecule has 0 spiro atoms. The van der Waals surface area contributed by atoms with Gasteiger partial charge in [0.2, 0.25) is 10.0 Å². The Bertz CT molecular complexity index is 1210. The molecule has 7 nitrogen and oxygen atoms in total. The van der Waals surface area contributed by atoms with Crippen molar-refractivity contribution in [2.24, 2.45) is 0 Å². The van der Waals surface area contributed by atoms with Crippen molar-refractivity contribution in [1.82, 2.24) is 9.29 Å². The van der Waals surface area contributed by atoms with E-state index in [0.717, 1.165) is 41.3 Å². The number of esters is 1. The highest BCUT2D eigenvalue weighted by molar-refractivity contribution is 7.89. The maximum atomic E-state index is 12.6. The fourth-order valence-electron chi connectivity index (χ4n) is 4.01. The van der Waals surface area contributed by atoms with E-state index in [1.807, 2.05) is 12.1 Å². The Kier molecular flexibility index (Phi) is 5.41. The molecule has 2 saturated heterocycles. The monoisotopic (exact) mass is 457 g/mol. The van der Waals surface area contributed by atoms with Crippen molar-refractivity contribution in [3.63, 3.8) is 0 Å². The number of fused-ring (bicyclic) bond motifs is 1. The molecule has 0 amide bonds. The number of thiazole rings is 1. The number of carbonyl (C=O) groups is 1. The van der Waals surface area contributed by atoms with Crippen LogP contribution in [0.3, 0.4) is 0 Å². The van der Waals surface area contributed by atoms with E-state index in [1.165, 1.54) is 41.4 Å². The van der Waals surface area contributed by atoms with Gasteiger partial charge >= 0.3 is 5.97 Å². The third-order valence-corrected chi connectivity index (χ3v) is 8.72. The van der Waals surface area contributed by atoms with Crippen molar-refractivity contribution in [3.8, 4) is 5.75 Å². The molecular formula is C22H23N3O4S2. The molecular weight excluding hydrogens is 434 g/mol. The largest absolute Gasteiger partial charge is 0.423 e. The van der Waals surface area contributed by atoms with Gasteiger partial charge in [0.15, 0.2) is 5.13 Å². The number of carbonyl (C=O) groups excluding carboxylic acids is 1. The van der Waals surface area contributed by atoms with Gasteiger partial charge in [-0.15, -0.1) is 0 Å². The van der Waals surface area contributed by atoms with Crippen molar-refractivity contribution in [2.75, 3.05) is 31.1 Å². The predicted octanol–water partition coefficient (Wildman–Crippen LogP) is 3.90. The number of aromatic nitrogens is 1. The van der Waals surface area contributed by atoms with Crippen LogP contribution in [0, 0.1) is 0 Å². The van der Waals surface area contributed by atoms with Gasteiger partial charge in [-0.1, -0.05) is 11.3 Å². The van der Waals surface area contributed by atoms with E-state index in [-0.39, 0.29) is 4.90 Å². The van der Waals surface area contributed by atoms with Gasteiger partial charge in [0, 0.05) is 32.2 Å². The highest BCUT2D eigenvalue weighted by Gasteiger charge is 2.27. The minimum absolute atomic E-state index is 0.200. The first-order valence-corrected chi connectivity index (χ1v) is 12.7. The number of hydrogen-bond acceptors (Lipinski definition) is 7. The van der Waals surface area contributed by atoms with Crippen molar-refractivity contribution in [3.05, 3.63) is 48.0 Å². The quantitative estimate of drug-likeness (QED) is 0.427. The average molecular weight is 458 g/mol. The van der Waals surface area contributed by atoms with E-state index in [4.69, 9.17) is 4.74 Å². The van der Waals surface area contributed by atoms with Gasteiger partial charge in [0.05, 0.1) is 20.7 Å². The topological polar surface area (TPSA) is 79.8 Å². The van der Waals surface area contributed by atoms with Crippen molar-refractivity contribution in [2.45, 2.75) is 30.6 Å². The van der Waals surface area contributed by atoms with Gasteiger partial charge < -0.3 is 9.64 Å². The molecule has 2 aromatic carbocycles. The SMILES string of the molecule is O=C(Oc1ccc2nc(N3CCCC3)sc2c1)c1ccc(S(=O)(=O)N2CCCC2)cc1. The standard InChI is InChI=1S/C22H23N3O4S2/c26-21(16-5-8-18(9-6-16)31(27,28)25-13-3-4-14-25)29-17-7-10-19-20(15-17)30-22(23-19)24-11-1-2-12-24/h5-10,15H,1-4,11-14H2. The van der Waals surface area contributed by atoms with Gasteiger partial charge in [0.1, 0.15) is 5.75 Å². The Morgan fingerprint density at radius 3 is 2.32 bits per heavy atom. The zero-order valence-electron chi connectivity index (χ0n) is 17.0. The molecule has 0 unspecified atom stereocenters. The van der Waals surface area contributed by atoms with Crippen molar-refractivity contribution >= 4 is 42.7 Å². The van der Waals surface area contributed by atoms with E-state index in [9.17, 15) is 13.2 Å². The Balaban J connectivity index is 1.30. The maximum absolute atomic E-state index is 12.6. The highest BCUT2D eigenvalue weighted by Crippen LogP contribution is 2.33. The molecule has 31 heavy (non-hydrogen) atoms. The zero-order valence-corrected chi connectivity index (χ0v) is 18.6. The summed E-state index contributed by atoms with van der Waals surface area (Å²) in [5.74, 6) is -0.0726. The summed E-state index contributed by atoms with van der Waals surface area (Å²) in [5, 5.41) is 1.01. The molecule has 3 aromatic rings. The maximum Gasteiger partial charge on any atom is 0.343 e. The first kappa shape index (κ1) is 20.4. The van der Waals surface area contributed by atoms with Crippen LogP contribution in [0.2, 0.25) is 0 Å². The molecule has 3 heterocycles. The summed E-state index contributed by atoms with van der Waals surface area (Å²) in [6, 6.07) is 11.4. The lowest BCUT2D eigenvalue weighted by atomic mass is 10.2. The van der Waals surface area contributed by atoms with E-state index in [1.54, 1.807) is 17.4 Å². The van der Waals surface area contributed by atoms with Crippen LogP contribution in [-0.2, 0) is 10.0 Å². The Labute approximate surface area is 185 Å². The summed E-state index contributed by atoms with van der Waals surface area (Å²) >= 11 is 1.60. The first-order chi connectivity index (χ1) is 15.0. The fraction of sp³-hybridized carbons (Fsp3) is 0.364. The van der Waals surface area contributed by atoms with Crippen LogP contribution in [0.15, 0.2) is 47.4 Å². The smallest absolute Gasteiger partial charge is 0.343 e. The Hall–Kier alpha value is -2.49. The molecule has 0 bridgehead atoms. The second kappa shape index (κ2) is 8.22. The molecule has 2 aliphatic rings. The normalized spacial score (nSPS) is 17.5. The summed E-state index contributed by atoms with van der Waals surface area (Å²) in [6.07, 6.45) is 4.15. The number of benzene rings is 2. The Morgan fingerprint density at radius 2 is 1.61 bits per heavy atom. The number of anilines is 1. The number of hydrogen-bond donors (Lipinski definition) is 0. The molecule has 0 saturated carbocycles. The van der Waals surface area contributed by atoms with Gasteiger partial charge in [-0.3, -0.25) is 0 Å². The zero-order chi connectivity index (χ0) is 21.4. The summed E-state index contributed by atoms with van der Waals surface area (Å²) in [5.41, 5.74) is 1.20. The molecule has 0 N–H and O–H groups in total. The van der Waals surface area contributed by atoms with Crippen LogP contribution < -0.4 is 9.64 Å². The van der Waals surface area contributed by atoms with Crippen LogP contribution in [0.5, 0.6) is 5.75 Å². The number of nitrogens with zero attached hydrogens (tertiary/aromatic N) is 3. The summed E-state index contributed by atoms with van der Waals surface area (Å²) in [6.45, 7) is 3.16. The van der Waals surface area contributed by atoms with Gasteiger partial charge in [-0.2, -0.15) is 4.31 Å². The lowest BCUT2D eigenvalue weighted by Gasteiger charge is -2.15. The minimum Gasteiger partial charge on any atom is -0.423 e. The second-order valence-corrected chi connectivity index (χ2v) is 10.8. The van der Waals surface area contributed by atoms with E-state index < -0.39 is 16.0 Å². The Morgan fingerprint density at radius 1 is 0.935 bits per heavy atom.